The molecule has 2 heterocycles. The van der Waals surface area contributed by atoms with Gasteiger partial charge in [0.2, 0.25) is 5.91 Å². The molecule has 0 aliphatic carbocycles. The standard InChI is InChI=1S/C18H34N2O6S/c1-5-6-10-7-11(20(3)8-10)17(25)19-12(9(2)21)16-14(23)13(22)15(24)18(26-16)27-4/h9-16,18,21-24H,5-8H2,1-4H3,(H,19,25)/t9?,10-,11+,12?,13?,14?,15?,16?,18?/m1/s1. The lowest BCUT2D eigenvalue weighted by atomic mass is 9.92. The van der Waals surface area contributed by atoms with Crippen LogP contribution in [-0.2, 0) is 9.53 Å². The van der Waals surface area contributed by atoms with Crippen LogP contribution in [0.25, 0.3) is 0 Å². The number of carbonyl (C=O) groups is 1. The van der Waals surface area contributed by atoms with Crippen LogP contribution in [-0.4, -0.2) is 99.1 Å². The molecule has 0 bridgehead atoms. The van der Waals surface area contributed by atoms with Crippen molar-refractivity contribution in [2.24, 2.45) is 5.92 Å². The first-order valence-corrected chi connectivity index (χ1v) is 10.9. The molecule has 2 fully saturated rings. The van der Waals surface area contributed by atoms with E-state index in [1.807, 2.05) is 11.9 Å². The van der Waals surface area contributed by atoms with E-state index in [2.05, 4.69) is 12.2 Å². The largest absolute Gasteiger partial charge is 0.391 e. The van der Waals surface area contributed by atoms with Gasteiger partial charge in [-0.05, 0) is 39.0 Å². The van der Waals surface area contributed by atoms with Gasteiger partial charge >= 0.3 is 0 Å². The second-order valence-corrected chi connectivity index (χ2v) is 8.73. The van der Waals surface area contributed by atoms with Crippen LogP contribution in [0.1, 0.15) is 33.1 Å². The monoisotopic (exact) mass is 406 g/mol. The van der Waals surface area contributed by atoms with Gasteiger partial charge < -0.3 is 30.5 Å². The number of carbonyl (C=O) groups excluding carboxylic acids is 1. The summed E-state index contributed by atoms with van der Waals surface area (Å²) in [5.41, 5.74) is -0.755. The lowest BCUT2D eigenvalue weighted by molar-refractivity contribution is -0.211. The van der Waals surface area contributed by atoms with Gasteiger partial charge in [-0.15, -0.1) is 11.8 Å². The van der Waals surface area contributed by atoms with Gasteiger partial charge in [-0.3, -0.25) is 9.69 Å². The minimum atomic E-state index is -1.42. The van der Waals surface area contributed by atoms with Crippen LogP contribution in [0.3, 0.4) is 0 Å². The topological polar surface area (TPSA) is 122 Å². The SMILES string of the molecule is CCC[C@@H]1C[C@@H](C(=O)NC(C(C)O)C2OC(SC)C(O)C(O)C2O)N(C)C1. The number of ether oxygens (including phenoxy) is 1. The molecule has 158 valence electrons. The van der Waals surface area contributed by atoms with Gasteiger partial charge in [0.25, 0.3) is 0 Å². The first-order chi connectivity index (χ1) is 12.7. The number of aliphatic hydroxyl groups is 4. The van der Waals surface area contributed by atoms with Crippen molar-refractivity contribution < 1.29 is 30.0 Å². The van der Waals surface area contributed by atoms with Crippen LogP contribution in [0.15, 0.2) is 0 Å². The van der Waals surface area contributed by atoms with Crippen LogP contribution in [0.5, 0.6) is 0 Å². The molecular formula is C18H34N2O6S. The Hall–Kier alpha value is -0.420. The van der Waals surface area contributed by atoms with E-state index in [4.69, 9.17) is 4.74 Å². The number of likely N-dealkylation sites (N-methyl/N-ethyl adjacent to an activating group) is 1. The zero-order chi connectivity index (χ0) is 20.3. The maximum Gasteiger partial charge on any atom is 0.237 e. The van der Waals surface area contributed by atoms with Crippen LogP contribution in [0.2, 0.25) is 0 Å². The molecule has 8 nitrogen and oxygen atoms in total. The molecular weight excluding hydrogens is 372 g/mol. The Morgan fingerprint density at radius 3 is 2.52 bits per heavy atom. The number of nitrogens with one attached hydrogen (secondary N) is 1. The third kappa shape index (κ3) is 5.14. The Kier molecular flexibility index (Phi) is 8.35. The van der Waals surface area contributed by atoms with E-state index >= 15 is 0 Å². The van der Waals surface area contributed by atoms with Crippen molar-refractivity contribution in [1.29, 1.82) is 0 Å². The molecule has 1 amide bonds. The Bertz CT molecular complexity index is 494. The summed E-state index contributed by atoms with van der Waals surface area (Å²) in [7, 11) is 1.91. The maximum absolute atomic E-state index is 12.8. The molecule has 9 atom stereocenters. The van der Waals surface area contributed by atoms with E-state index in [1.54, 1.807) is 6.26 Å². The quantitative estimate of drug-likeness (QED) is 0.370. The van der Waals surface area contributed by atoms with Gasteiger partial charge in [0.15, 0.2) is 0 Å². The Morgan fingerprint density at radius 2 is 1.96 bits per heavy atom. The highest BCUT2D eigenvalue weighted by molar-refractivity contribution is 7.99. The molecule has 0 aromatic rings. The minimum Gasteiger partial charge on any atom is -0.391 e. The summed E-state index contributed by atoms with van der Waals surface area (Å²) in [5, 5.41) is 43.5. The number of amides is 1. The Labute approximate surface area is 165 Å². The second-order valence-electron chi connectivity index (χ2n) is 7.80. The summed E-state index contributed by atoms with van der Waals surface area (Å²) in [5.74, 6) is 0.245. The zero-order valence-corrected chi connectivity index (χ0v) is 17.3. The summed E-state index contributed by atoms with van der Waals surface area (Å²) in [6.07, 6.45) is -1.50. The maximum atomic E-state index is 12.8. The molecule has 2 aliphatic heterocycles. The van der Waals surface area contributed by atoms with Crippen LogP contribution in [0, 0.1) is 5.92 Å². The van der Waals surface area contributed by atoms with Gasteiger partial charge in [-0.2, -0.15) is 0 Å². The number of rotatable bonds is 7. The smallest absolute Gasteiger partial charge is 0.237 e. The Morgan fingerprint density at radius 1 is 1.30 bits per heavy atom. The van der Waals surface area contributed by atoms with Crippen molar-refractivity contribution in [3.8, 4) is 0 Å². The first kappa shape index (κ1) is 22.9. The van der Waals surface area contributed by atoms with Gasteiger partial charge in [0, 0.05) is 6.54 Å². The highest BCUT2D eigenvalue weighted by atomic mass is 32.2. The van der Waals surface area contributed by atoms with Crippen molar-refractivity contribution in [3.05, 3.63) is 0 Å². The lowest BCUT2D eigenvalue weighted by Crippen LogP contribution is -2.65. The number of thioether (sulfide) groups is 1. The third-order valence-electron chi connectivity index (χ3n) is 5.66. The van der Waals surface area contributed by atoms with Crippen molar-refractivity contribution in [2.75, 3.05) is 19.8 Å². The van der Waals surface area contributed by atoms with Gasteiger partial charge in [-0.1, -0.05) is 13.3 Å². The summed E-state index contributed by atoms with van der Waals surface area (Å²) < 4.78 is 5.72. The molecule has 2 rings (SSSR count). The van der Waals surface area contributed by atoms with Gasteiger partial charge in [0.1, 0.15) is 29.9 Å². The molecule has 2 aliphatic rings. The summed E-state index contributed by atoms with van der Waals surface area (Å²) in [6, 6.07) is -1.20. The number of nitrogens with zero attached hydrogens (tertiary/aromatic N) is 1. The number of hydrogen-bond donors (Lipinski definition) is 5. The van der Waals surface area contributed by atoms with Gasteiger partial charge in [-0.25, -0.2) is 0 Å². The zero-order valence-electron chi connectivity index (χ0n) is 16.5. The van der Waals surface area contributed by atoms with Crippen molar-refractivity contribution >= 4 is 17.7 Å². The molecule has 2 saturated heterocycles. The average molecular weight is 407 g/mol. The number of hydrogen-bond acceptors (Lipinski definition) is 8. The van der Waals surface area contributed by atoms with E-state index < -0.39 is 42.0 Å². The first-order valence-electron chi connectivity index (χ1n) is 9.62. The third-order valence-corrected chi connectivity index (χ3v) is 6.51. The predicted molar refractivity (Wildman–Crippen MR) is 103 cm³/mol. The molecule has 9 heteroatoms. The lowest BCUT2D eigenvalue weighted by Gasteiger charge is -2.44. The van der Waals surface area contributed by atoms with E-state index in [0.29, 0.717) is 5.92 Å². The molecule has 0 aromatic carbocycles. The molecule has 7 unspecified atom stereocenters. The highest BCUT2D eigenvalue weighted by Crippen LogP contribution is 2.30. The van der Waals surface area contributed by atoms with Crippen molar-refractivity contribution in [1.82, 2.24) is 10.2 Å². The van der Waals surface area contributed by atoms with Crippen LogP contribution < -0.4 is 5.32 Å². The van der Waals surface area contributed by atoms with Crippen molar-refractivity contribution in [3.63, 3.8) is 0 Å². The fraction of sp³-hybridized carbons (Fsp3) is 0.944. The molecule has 0 aromatic heterocycles. The van der Waals surface area contributed by atoms with E-state index in [1.165, 1.54) is 18.7 Å². The van der Waals surface area contributed by atoms with E-state index in [-0.39, 0.29) is 11.9 Å². The Balaban J connectivity index is 2.09. The summed E-state index contributed by atoms with van der Waals surface area (Å²) >= 11 is 1.20. The second kappa shape index (κ2) is 9.87. The van der Waals surface area contributed by atoms with Crippen LogP contribution >= 0.6 is 11.8 Å². The van der Waals surface area contributed by atoms with Crippen LogP contribution in [0.4, 0.5) is 0 Å². The predicted octanol–water partition coefficient (Wildman–Crippen LogP) is -0.857. The summed E-state index contributed by atoms with van der Waals surface area (Å²) in [4.78, 5) is 14.9. The van der Waals surface area contributed by atoms with Gasteiger partial charge in [0.05, 0.1) is 18.2 Å². The molecule has 0 radical (unpaired) electrons. The highest BCUT2D eigenvalue weighted by Gasteiger charge is 2.48. The molecule has 5 N–H and O–H groups in total. The fourth-order valence-corrected chi connectivity index (χ4v) is 4.81. The number of aliphatic hydroxyl groups excluding tert-OH is 4. The van der Waals surface area contributed by atoms with Crippen molar-refractivity contribution in [2.45, 2.75) is 81.1 Å². The minimum absolute atomic E-state index is 0.223. The van der Waals surface area contributed by atoms with E-state index in [9.17, 15) is 25.2 Å². The van der Waals surface area contributed by atoms with E-state index in [0.717, 1.165) is 25.8 Å². The molecule has 27 heavy (non-hydrogen) atoms. The fourth-order valence-electron chi connectivity index (χ4n) is 4.13. The average Bonchev–Trinajstić information content (AvgIpc) is 2.99. The normalized spacial score (nSPS) is 39.9. The number of likely N-dealkylation sites (tertiary alicyclic amines) is 1. The molecule has 0 saturated carbocycles. The summed E-state index contributed by atoms with van der Waals surface area (Å²) in [6.45, 7) is 4.48. The molecule has 0 spiro atoms.